The minimum Gasteiger partial charge on any atom is -0.341 e. The molecule has 0 bridgehead atoms. The van der Waals surface area contributed by atoms with Crippen molar-refractivity contribution in [2.45, 2.75) is 6.42 Å². The molecule has 0 heterocycles. The largest absolute Gasteiger partial charge is 0.341 e. The highest BCUT2D eigenvalue weighted by atomic mass is 19.1. The molecule has 100 valence electrons. The molecule has 0 unspecified atom stereocenters. The van der Waals surface area contributed by atoms with Crippen LogP contribution in [0.2, 0.25) is 0 Å². The summed E-state index contributed by atoms with van der Waals surface area (Å²) in [6.45, 7) is 0.0130. The van der Waals surface area contributed by atoms with Crippen LogP contribution >= 0.6 is 0 Å². The fraction of sp³-hybridized carbons (Fsp3) is 0.273. The lowest BCUT2D eigenvalue weighted by molar-refractivity contribution is -0.387. The van der Waals surface area contributed by atoms with Crippen LogP contribution in [-0.4, -0.2) is 29.3 Å². The van der Waals surface area contributed by atoms with Gasteiger partial charge < -0.3 is 4.90 Å². The zero-order chi connectivity index (χ0) is 14.6. The molecule has 0 aliphatic heterocycles. The van der Waals surface area contributed by atoms with E-state index < -0.39 is 33.7 Å². The Kier molecular flexibility index (Phi) is 4.47. The van der Waals surface area contributed by atoms with Gasteiger partial charge in [0.1, 0.15) is 5.82 Å². The number of nitro groups is 1. The number of nitriles is 1. The molecular weight excluding hydrogens is 260 g/mol. The van der Waals surface area contributed by atoms with Crippen LogP contribution in [0.3, 0.4) is 0 Å². The molecule has 0 radical (unpaired) electrons. The number of carbonyl (C=O) groups excluding carboxylic acids is 1. The first-order chi connectivity index (χ1) is 8.88. The number of hydrogen-bond acceptors (Lipinski definition) is 4. The second-order valence-electron chi connectivity index (χ2n) is 3.68. The van der Waals surface area contributed by atoms with Gasteiger partial charge in [-0.1, -0.05) is 0 Å². The van der Waals surface area contributed by atoms with Crippen LogP contribution < -0.4 is 0 Å². The molecule has 1 amide bonds. The monoisotopic (exact) mass is 269 g/mol. The minimum absolute atomic E-state index is 0.0130. The van der Waals surface area contributed by atoms with Crippen molar-refractivity contribution in [2.24, 2.45) is 0 Å². The van der Waals surface area contributed by atoms with Crippen molar-refractivity contribution in [3.8, 4) is 6.07 Å². The van der Waals surface area contributed by atoms with E-state index >= 15 is 0 Å². The zero-order valence-electron chi connectivity index (χ0n) is 9.89. The molecule has 0 aliphatic rings. The molecule has 1 aromatic carbocycles. The third kappa shape index (κ3) is 3.22. The Labute approximate surface area is 107 Å². The molecular formula is C11H9F2N3O3. The second-order valence-corrected chi connectivity index (χ2v) is 3.68. The molecule has 6 nitrogen and oxygen atoms in total. The van der Waals surface area contributed by atoms with Gasteiger partial charge >= 0.3 is 5.69 Å². The van der Waals surface area contributed by atoms with Crippen molar-refractivity contribution in [3.05, 3.63) is 39.4 Å². The number of nitrogens with zero attached hydrogens (tertiary/aromatic N) is 3. The summed E-state index contributed by atoms with van der Waals surface area (Å²) in [6.07, 6.45) is 0.0151. The van der Waals surface area contributed by atoms with Gasteiger partial charge in [0.25, 0.3) is 5.91 Å². The highest BCUT2D eigenvalue weighted by molar-refractivity contribution is 5.95. The lowest BCUT2D eigenvalue weighted by atomic mass is 10.1. The summed E-state index contributed by atoms with van der Waals surface area (Å²) >= 11 is 0. The van der Waals surface area contributed by atoms with E-state index in [4.69, 9.17) is 5.26 Å². The number of halogens is 2. The molecule has 0 fully saturated rings. The number of amides is 1. The van der Waals surface area contributed by atoms with Gasteiger partial charge in [-0.05, 0) is 6.07 Å². The first-order valence-electron chi connectivity index (χ1n) is 5.14. The van der Waals surface area contributed by atoms with Crippen LogP contribution in [0.1, 0.15) is 16.8 Å². The van der Waals surface area contributed by atoms with Crippen molar-refractivity contribution in [1.29, 1.82) is 5.26 Å². The highest BCUT2D eigenvalue weighted by Crippen LogP contribution is 2.23. The summed E-state index contributed by atoms with van der Waals surface area (Å²) in [4.78, 5) is 22.2. The number of nitro benzene ring substituents is 1. The van der Waals surface area contributed by atoms with Crippen LogP contribution in [-0.2, 0) is 0 Å². The number of benzene rings is 1. The average molecular weight is 269 g/mol. The fourth-order valence-corrected chi connectivity index (χ4v) is 1.39. The standard InChI is InChI=1S/C11H9F2N3O3/c1-15(4-2-3-14)11(17)8-5-7(12)6-9(10(8)13)16(18)19/h5-6H,2,4H2,1H3. The van der Waals surface area contributed by atoms with Gasteiger partial charge in [0.15, 0.2) is 0 Å². The minimum atomic E-state index is -1.39. The summed E-state index contributed by atoms with van der Waals surface area (Å²) in [5.74, 6) is -3.39. The average Bonchev–Trinajstić information content (AvgIpc) is 2.37. The molecule has 0 atom stereocenters. The quantitative estimate of drug-likeness (QED) is 0.616. The van der Waals surface area contributed by atoms with Crippen LogP contribution in [0, 0.1) is 33.1 Å². The van der Waals surface area contributed by atoms with Crippen LogP contribution in [0.4, 0.5) is 14.5 Å². The van der Waals surface area contributed by atoms with Crippen molar-refractivity contribution in [1.82, 2.24) is 4.90 Å². The van der Waals surface area contributed by atoms with E-state index in [-0.39, 0.29) is 13.0 Å². The van der Waals surface area contributed by atoms with Crippen LogP contribution in [0.25, 0.3) is 0 Å². The number of hydrogen-bond donors (Lipinski definition) is 0. The molecule has 0 spiro atoms. The first-order valence-corrected chi connectivity index (χ1v) is 5.14. The predicted octanol–water partition coefficient (Wildman–Crippen LogP) is 1.86. The van der Waals surface area contributed by atoms with Crippen LogP contribution in [0.5, 0.6) is 0 Å². The second kappa shape index (κ2) is 5.86. The van der Waals surface area contributed by atoms with Gasteiger partial charge in [-0.3, -0.25) is 14.9 Å². The van der Waals surface area contributed by atoms with Crippen molar-refractivity contribution < 1.29 is 18.5 Å². The van der Waals surface area contributed by atoms with Gasteiger partial charge in [-0.25, -0.2) is 4.39 Å². The first kappa shape index (κ1) is 14.5. The third-order valence-electron chi connectivity index (χ3n) is 2.35. The summed E-state index contributed by atoms with van der Waals surface area (Å²) in [6, 6.07) is 2.79. The molecule has 0 saturated heterocycles. The summed E-state index contributed by atoms with van der Waals surface area (Å²) in [7, 11) is 1.29. The molecule has 1 rings (SSSR count). The molecule has 0 saturated carbocycles. The topological polar surface area (TPSA) is 87.2 Å². The molecule has 1 aromatic rings. The van der Waals surface area contributed by atoms with Gasteiger partial charge in [0.2, 0.25) is 5.82 Å². The lowest BCUT2D eigenvalue weighted by Gasteiger charge is -2.15. The van der Waals surface area contributed by atoms with E-state index in [1.54, 1.807) is 6.07 Å². The Balaban J connectivity index is 3.17. The van der Waals surface area contributed by atoms with E-state index in [0.717, 1.165) is 4.90 Å². The summed E-state index contributed by atoms with van der Waals surface area (Å²) in [5.41, 5.74) is -1.83. The SMILES string of the molecule is CN(CCC#N)C(=O)c1cc(F)cc([N+](=O)[O-])c1F. The third-order valence-corrected chi connectivity index (χ3v) is 2.35. The number of carbonyl (C=O) groups is 1. The van der Waals surface area contributed by atoms with E-state index in [1.165, 1.54) is 7.05 Å². The smallest absolute Gasteiger partial charge is 0.308 e. The van der Waals surface area contributed by atoms with Gasteiger partial charge in [0, 0.05) is 13.6 Å². The molecule has 0 aliphatic carbocycles. The predicted molar refractivity (Wildman–Crippen MR) is 60.2 cm³/mol. The van der Waals surface area contributed by atoms with Gasteiger partial charge in [-0.2, -0.15) is 9.65 Å². The summed E-state index contributed by atoms with van der Waals surface area (Å²) in [5, 5.41) is 18.9. The molecule has 8 heteroatoms. The number of rotatable bonds is 4. The van der Waals surface area contributed by atoms with E-state index in [9.17, 15) is 23.7 Å². The molecule has 19 heavy (non-hydrogen) atoms. The van der Waals surface area contributed by atoms with Crippen LogP contribution in [0.15, 0.2) is 12.1 Å². The van der Waals surface area contributed by atoms with Crippen molar-refractivity contribution in [3.63, 3.8) is 0 Å². The Morgan fingerprint density at radius 1 is 1.53 bits per heavy atom. The Morgan fingerprint density at radius 3 is 2.68 bits per heavy atom. The highest BCUT2D eigenvalue weighted by Gasteiger charge is 2.25. The van der Waals surface area contributed by atoms with E-state index in [0.29, 0.717) is 12.1 Å². The zero-order valence-corrected chi connectivity index (χ0v) is 9.89. The maximum absolute atomic E-state index is 13.7. The molecule has 0 aromatic heterocycles. The van der Waals surface area contributed by atoms with E-state index in [1.807, 2.05) is 0 Å². The fourth-order valence-electron chi connectivity index (χ4n) is 1.39. The Morgan fingerprint density at radius 2 is 2.16 bits per heavy atom. The van der Waals surface area contributed by atoms with Gasteiger partial charge in [0.05, 0.1) is 29.0 Å². The Bertz CT molecular complexity index is 569. The normalized spacial score (nSPS) is 9.79. The van der Waals surface area contributed by atoms with E-state index in [2.05, 4.69) is 0 Å². The molecule has 0 N–H and O–H groups in total. The van der Waals surface area contributed by atoms with Crippen molar-refractivity contribution >= 4 is 11.6 Å². The summed E-state index contributed by atoms with van der Waals surface area (Å²) < 4.78 is 26.9. The van der Waals surface area contributed by atoms with Gasteiger partial charge in [-0.15, -0.1) is 0 Å². The maximum atomic E-state index is 13.7. The Hall–Kier alpha value is -2.56. The lowest BCUT2D eigenvalue weighted by Crippen LogP contribution is -2.28. The van der Waals surface area contributed by atoms with Crippen molar-refractivity contribution in [2.75, 3.05) is 13.6 Å². The maximum Gasteiger partial charge on any atom is 0.308 e.